The molecule has 8 heteroatoms. The van der Waals surface area contributed by atoms with Crippen LogP contribution in [0, 0.1) is 4.77 Å². The number of nitrogens with one attached hydrogen (secondary N) is 1. The van der Waals surface area contributed by atoms with Crippen LogP contribution < -0.4 is 9.47 Å². The molecule has 1 aromatic heterocycles. The van der Waals surface area contributed by atoms with Gasteiger partial charge in [0.25, 0.3) is 0 Å². The van der Waals surface area contributed by atoms with Crippen molar-refractivity contribution < 1.29 is 9.47 Å². The van der Waals surface area contributed by atoms with E-state index in [4.69, 9.17) is 33.3 Å². The molecule has 0 saturated heterocycles. The zero-order chi connectivity index (χ0) is 18.4. The maximum absolute atomic E-state index is 5.90. The van der Waals surface area contributed by atoms with E-state index in [0.29, 0.717) is 34.5 Å². The number of aromatic amines is 1. The smallest absolute Gasteiger partial charge is 0.216 e. The van der Waals surface area contributed by atoms with Gasteiger partial charge in [0.05, 0.1) is 12.8 Å². The lowest BCUT2D eigenvalue weighted by Gasteiger charge is -2.12. The van der Waals surface area contributed by atoms with Crippen LogP contribution in [0.5, 0.6) is 11.5 Å². The van der Waals surface area contributed by atoms with Crippen molar-refractivity contribution in [2.75, 3.05) is 6.61 Å². The Bertz CT molecular complexity index is 950. The van der Waals surface area contributed by atoms with E-state index >= 15 is 0 Å². The molecule has 0 radical (unpaired) electrons. The highest BCUT2D eigenvalue weighted by Gasteiger charge is 2.07. The molecule has 0 saturated carbocycles. The van der Waals surface area contributed by atoms with Gasteiger partial charge in [-0.15, -0.1) is 0 Å². The van der Waals surface area contributed by atoms with Crippen molar-refractivity contribution in [2.45, 2.75) is 13.5 Å². The van der Waals surface area contributed by atoms with Crippen LogP contribution in [-0.4, -0.2) is 27.7 Å². The third-order valence-corrected chi connectivity index (χ3v) is 3.97. The summed E-state index contributed by atoms with van der Waals surface area (Å²) in [5.74, 6) is 1.32. The maximum Gasteiger partial charge on any atom is 0.216 e. The standard InChI is InChI=1S/C18H17ClN4O2S/c1-2-24-17-9-14(10-21-23-12-20-22-18(23)26)5-8-16(17)25-11-13-3-6-15(19)7-4-13/h3-10,12H,2,11H2,1H3,(H,22,26)/b21-10+. The van der Waals surface area contributed by atoms with Gasteiger partial charge in [0.2, 0.25) is 4.77 Å². The van der Waals surface area contributed by atoms with Gasteiger partial charge in [-0.1, -0.05) is 23.7 Å². The van der Waals surface area contributed by atoms with Gasteiger partial charge in [0.1, 0.15) is 12.9 Å². The van der Waals surface area contributed by atoms with Gasteiger partial charge in [0.15, 0.2) is 11.5 Å². The van der Waals surface area contributed by atoms with Crippen LogP contribution in [0.15, 0.2) is 53.9 Å². The molecule has 134 valence electrons. The third-order valence-electron chi connectivity index (χ3n) is 3.44. The van der Waals surface area contributed by atoms with Gasteiger partial charge in [-0.2, -0.15) is 14.9 Å². The number of benzene rings is 2. The van der Waals surface area contributed by atoms with Gasteiger partial charge in [-0.25, -0.2) is 0 Å². The Balaban J connectivity index is 1.75. The van der Waals surface area contributed by atoms with Crippen LogP contribution in [0.4, 0.5) is 0 Å². The third kappa shape index (κ3) is 4.71. The lowest BCUT2D eigenvalue weighted by Crippen LogP contribution is -2.00. The Morgan fingerprint density at radius 1 is 1.19 bits per heavy atom. The zero-order valence-electron chi connectivity index (χ0n) is 14.1. The lowest BCUT2D eigenvalue weighted by molar-refractivity contribution is 0.269. The molecule has 26 heavy (non-hydrogen) atoms. The molecule has 0 unspecified atom stereocenters. The fourth-order valence-corrected chi connectivity index (χ4v) is 2.46. The van der Waals surface area contributed by atoms with Crippen LogP contribution in [0.3, 0.4) is 0 Å². The molecule has 0 aliphatic carbocycles. The molecule has 1 N–H and O–H groups in total. The number of halogens is 1. The van der Waals surface area contributed by atoms with Crippen molar-refractivity contribution in [1.82, 2.24) is 14.9 Å². The normalized spacial score (nSPS) is 11.0. The predicted octanol–water partition coefficient (Wildman–Crippen LogP) is 4.45. The van der Waals surface area contributed by atoms with Crippen LogP contribution >= 0.6 is 23.8 Å². The number of hydrogen-bond acceptors (Lipinski definition) is 5. The number of hydrogen-bond donors (Lipinski definition) is 1. The van der Waals surface area contributed by atoms with Crippen molar-refractivity contribution in [3.05, 3.63) is 69.7 Å². The Kier molecular flexibility index (Phi) is 6.04. The van der Waals surface area contributed by atoms with Crippen molar-refractivity contribution >= 4 is 30.0 Å². The average Bonchev–Trinajstić information content (AvgIpc) is 3.06. The highest BCUT2D eigenvalue weighted by Crippen LogP contribution is 2.29. The maximum atomic E-state index is 5.90. The molecule has 0 aliphatic heterocycles. The minimum absolute atomic E-state index is 0.425. The summed E-state index contributed by atoms with van der Waals surface area (Å²) < 4.78 is 13.5. The highest BCUT2D eigenvalue weighted by molar-refractivity contribution is 7.71. The van der Waals surface area contributed by atoms with Gasteiger partial charge in [0, 0.05) is 5.02 Å². The summed E-state index contributed by atoms with van der Waals surface area (Å²) >= 11 is 11.0. The molecule has 6 nitrogen and oxygen atoms in total. The van der Waals surface area contributed by atoms with Crippen molar-refractivity contribution in [2.24, 2.45) is 5.10 Å². The fourth-order valence-electron chi connectivity index (χ4n) is 2.19. The average molecular weight is 389 g/mol. The highest BCUT2D eigenvalue weighted by atomic mass is 35.5. The van der Waals surface area contributed by atoms with E-state index < -0.39 is 0 Å². The first-order valence-electron chi connectivity index (χ1n) is 7.96. The van der Waals surface area contributed by atoms with Gasteiger partial charge < -0.3 is 9.47 Å². The molecule has 0 spiro atoms. The second-order valence-corrected chi connectivity index (χ2v) is 6.13. The first kappa shape index (κ1) is 18.2. The topological polar surface area (TPSA) is 64.4 Å². The molecule has 0 fully saturated rings. The van der Waals surface area contributed by atoms with E-state index in [1.54, 1.807) is 6.21 Å². The molecule has 0 aliphatic rings. The zero-order valence-corrected chi connectivity index (χ0v) is 15.6. The lowest BCUT2D eigenvalue weighted by atomic mass is 10.2. The van der Waals surface area contributed by atoms with Crippen molar-refractivity contribution in [3.8, 4) is 11.5 Å². The molecule has 3 aromatic rings. The molecular formula is C18H17ClN4O2S. The second-order valence-electron chi connectivity index (χ2n) is 5.30. The molecular weight excluding hydrogens is 372 g/mol. The molecule has 0 bridgehead atoms. The van der Waals surface area contributed by atoms with Crippen molar-refractivity contribution in [1.29, 1.82) is 0 Å². The largest absolute Gasteiger partial charge is 0.490 e. The van der Waals surface area contributed by atoms with E-state index in [0.717, 1.165) is 11.1 Å². The summed E-state index contributed by atoms with van der Waals surface area (Å²) in [6, 6.07) is 13.2. The molecule has 0 amide bonds. The van der Waals surface area contributed by atoms with E-state index in [9.17, 15) is 0 Å². The van der Waals surface area contributed by atoms with Crippen LogP contribution in [0.2, 0.25) is 5.02 Å². The van der Waals surface area contributed by atoms with Gasteiger partial charge in [-0.05, 0) is 60.6 Å². The summed E-state index contributed by atoms with van der Waals surface area (Å²) in [5.41, 5.74) is 1.88. The Morgan fingerprint density at radius 2 is 2.00 bits per heavy atom. The summed E-state index contributed by atoms with van der Waals surface area (Å²) in [6.45, 7) is 2.88. The van der Waals surface area contributed by atoms with Crippen LogP contribution in [0.25, 0.3) is 0 Å². The predicted molar refractivity (Wildman–Crippen MR) is 104 cm³/mol. The summed E-state index contributed by atoms with van der Waals surface area (Å²) in [6.07, 6.45) is 3.18. The first-order valence-corrected chi connectivity index (χ1v) is 8.75. The molecule has 0 atom stereocenters. The SMILES string of the molecule is CCOc1cc(/C=N/n2cn[nH]c2=S)ccc1OCc1ccc(Cl)cc1. The second kappa shape index (κ2) is 8.64. The van der Waals surface area contributed by atoms with E-state index in [-0.39, 0.29) is 0 Å². The molecule has 2 aromatic carbocycles. The number of rotatable bonds is 7. The summed E-state index contributed by atoms with van der Waals surface area (Å²) in [4.78, 5) is 0. The minimum atomic E-state index is 0.425. The summed E-state index contributed by atoms with van der Waals surface area (Å²) in [5, 5.41) is 11.4. The van der Waals surface area contributed by atoms with Gasteiger partial charge >= 0.3 is 0 Å². The minimum Gasteiger partial charge on any atom is -0.490 e. The molecule has 3 rings (SSSR count). The Labute approximate surface area is 161 Å². The number of ether oxygens (including phenoxy) is 2. The number of nitrogens with zero attached hydrogens (tertiary/aromatic N) is 3. The first-order chi connectivity index (χ1) is 12.7. The summed E-state index contributed by atoms with van der Waals surface area (Å²) in [7, 11) is 0. The quantitative estimate of drug-likeness (QED) is 0.479. The number of H-pyrrole nitrogens is 1. The Hall–Kier alpha value is -2.64. The van der Waals surface area contributed by atoms with E-state index in [2.05, 4.69) is 15.3 Å². The van der Waals surface area contributed by atoms with Crippen LogP contribution in [-0.2, 0) is 6.61 Å². The van der Waals surface area contributed by atoms with Crippen molar-refractivity contribution in [3.63, 3.8) is 0 Å². The monoisotopic (exact) mass is 388 g/mol. The van der Waals surface area contributed by atoms with Gasteiger partial charge in [-0.3, -0.25) is 5.10 Å². The number of aromatic nitrogens is 3. The molecule has 1 heterocycles. The van der Waals surface area contributed by atoms with E-state index in [1.165, 1.54) is 11.0 Å². The fraction of sp³-hybridized carbons (Fsp3) is 0.167. The van der Waals surface area contributed by atoms with Crippen LogP contribution in [0.1, 0.15) is 18.1 Å². The Morgan fingerprint density at radius 3 is 2.69 bits per heavy atom. The van der Waals surface area contributed by atoms with E-state index in [1.807, 2.05) is 49.4 Å².